The van der Waals surface area contributed by atoms with Gasteiger partial charge in [-0.15, -0.1) is 0 Å². The summed E-state index contributed by atoms with van der Waals surface area (Å²) in [6, 6.07) is 12.1. The highest BCUT2D eigenvalue weighted by molar-refractivity contribution is 6.01. The van der Waals surface area contributed by atoms with E-state index < -0.39 is 0 Å². The molecular weight excluding hydrogens is 280 g/mol. The van der Waals surface area contributed by atoms with Crippen molar-refractivity contribution in [1.29, 1.82) is 0 Å². The predicted molar refractivity (Wildman–Crippen MR) is 84.7 cm³/mol. The van der Waals surface area contributed by atoms with Crippen LogP contribution in [0.1, 0.15) is 22.8 Å². The summed E-state index contributed by atoms with van der Waals surface area (Å²) in [5.41, 5.74) is 2.95. The van der Waals surface area contributed by atoms with Crippen LogP contribution >= 0.6 is 0 Å². The number of hydrogen-bond donors (Lipinski definition) is 2. The van der Waals surface area contributed by atoms with Crippen LogP contribution in [0.15, 0.2) is 42.5 Å². The number of urea groups is 1. The normalized spacial score (nSPS) is 12.2. The zero-order chi connectivity index (χ0) is 15.5. The van der Waals surface area contributed by atoms with Gasteiger partial charge in [-0.05, 0) is 42.8 Å². The molecule has 2 N–H and O–H groups in total. The number of ether oxygens (including phenoxy) is 1. The fourth-order valence-corrected chi connectivity index (χ4v) is 2.37. The summed E-state index contributed by atoms with van der Waals surface area (Å²) >= 11 is 0. The molecule has 2 aromatic rings. The maximum atomic E-state index is 12.0. The van der Waals surface area contributed by atoms with Crippen molar-refractivity contribution in [3.8, 4) is 5.75 Å². The Bertz CT molecular complexity index is 740. The molecule has 0 radical (unpaired) electrons. The summed E-state index contributed by atoms with van der Waals surface area (Å²) in [5, 5.41) is 5.50. The zero-order valence-corrected chi connectivity index (χ0v) is 12.2. The van der Waals surface area contributed by atoms with Gasteiger partial charge in [-0.25, -0.2) is 4.79 Å². The third kappa shape index (κ3) is 3.09. The fourth-order valence-electron chi connectivity index (χ4n) is 2.37. The molecule has 2 amide bonds. The Balaban J connectivity index is 1.67. The van der Waals surface area contributed by atoms with Gasteiger partial charge in [0.2, 0.25) is 0 Å². The van der Waals surface area contributed by atoms with Crippen LogP contribution in [-0.2, 0) is 6.42 Å². The van der Waals surface area contributed by atoms with Crippen molar-refractivity contribution in [2.24, 2.45) is 0 Å². The van der Waals surface area contributed by atoms with E-state index in [1.807, 2.05) is 12.1 Å². The third-order valence-electron chi connectivity index (χ3n) is 3.47. The first-order valence-corrected chi connectivity index (χ1v) is 7.06. The Morgan fingerprint density at radius 1 is 1.05 bits per heavy atom. The van der Waals surface area contributed by atoms with Crippen LogP contribution in [0, 0.1) is 0 Å². The molecule has 22 heavy (non-hydrogen) atoms. The largest absolute Gasteiger partial charge is 0.493 e. The summed E-state index contributed by atoms with van der Waals surface area (Å²) in [4.78, 5) is 23.4. The molecule has 3 rings (SSSR count). The number of carbonyl (C=O) groups is 2. The number of amides is 2. The quantitative estimate of drug-likeness (QED) is 0.852. The van der Waals surface area contributed by atoms with Crippen molar-refractivity contribution in [2.75, 3.05) is 17.2 Å². The van der Waals surface area contributed by atoms with Crippen molar-refractivity contribution in [1.82, 2.24) is 0 Å². The number of fused-ring (bicyclic) bond motifs is 1. The lowest BCUT2D eigenvalue weighted by atomic mass is 10.1. The third-order valence-corrected chi connectivity index (χ3v) is 3.47. The van der Waals surface area contributed by atoms with Gasteiger partial charge in [0.25, 0.3) is 0 Å². The number of nitrogens with one attached hydrogen (secondary N) is 2. The highest BCUT2D eigenvalue weighted by Crippen LogP contribution is 2.27. The lowest BCUT2D eigenvalue weighted by Gasteiger charge is -2.09. The Kier molecular flexibility index (Phi) is 3.78. The van der Waals surface area contributed by atoms with Gasteiger partial charge in [-0.3, -0.25) is 4.79 Å². The molecule has 1 aliphatic heterocycles. The van der Waals surface area contributed by atoms with Gasteiger partial charge >= 0.3 is 6.03 Å². The highest BCUT2D eigenvalue weighted by atomic mass is 16.5. The molecule has 0 saturated heterocycles. The van der Waals surface area contributed by atoms with Crippen LogP contribution in [0.25, 0.3) is 0 Å². The number of anilines is 2. The smallest absolute Gasteiger partial charge is 0.323 e. The van der Waals surface area contributed by atoms with Gasteiger partial charge in [0.05, 0.1) is 6.61 Å². The first-order valence-electron chi connectivity index (χ1n) is 7.06. The van der Waals surface area contributed by atoms with Crippen molar-refractivity contribution in [3.63, 3.8) is 0 Å². The summed E-state index contributed by atoms with van der Waals surface area (Å²) < 4.78 is 5.43. The average molecular weight is 296 g/mol. The lowest BCUT2D eigenvalue weighted by Crippen LogP contribution is -2.19. The molecule has 0 aliphatic carbocycles. The van der Waals surface area contributed by atoms with E-state index >= 15 is 0 Å². The molecule has 0 fully saturated rings. The van der Waals surface area contributed by atoms with Crippen LogP contribution < -0.4 is 15.4 Å². The molecule has 0 spiro atoms. The number of hydrogen-bond acceptors (Lipinski definition) is 3. The number of carbonyl (C=O) groups excluding carboxylic acids is 2. The zero-order valence-electron chi connectivity index (χ0n) is 12.2. The standard InChI is InChI=1S/C17H16N2O3/c1-11(20)12-3-2-4-14(9-12)18-17(21)19-15-5-6-16-13(10-15)7-8-22-16/h2-6,9-10H,7-8H2,1H3,(H2,18,19,21). The number of benzene rings is 2. The van der Waals surface area contributed by atoms with Crippen LogP contribution in [-0.4, -0.2) is 18.4 Å². The minimum absolute atomic E-state index is 0.0392. The van der Waals surface area contributed by atoms with E-state index in [9.17, 15) is 9.59 Å². The molecule has 0 unspecified atom stereocenters. The summed E-state index contributed by atoms with van der Waals surface area (Å²) in [5.74, 6) is 0.836. The Labute approximate surface area is 128 Å². The van der Waals surface area contributed by atoms with Crippen LogP contribution in [0.4, 0.5) is 16.2 Å². The van der Waals surface area contributed by atoms with Crippen LogP contribution in [0.5, 0.6) is 5.75 Å². The summed E-state index contributed by atoms with van der Waals surface area (Å²) in [7, 11) is 0. The molecule has 0 saturated carbocycles. The van der Waals surface area contributed by atoms with E-state index in [4.69, 9.17) is 4.74 Å². The van der Waals surface area contributed by atoms with E-state index in [0.717, 1.165) is 17.7 Å². The first-order chi connectivity index (χ1) is 10.6. The van der Waals surface area contributed by atoms with E-state index in [0.29, 0.717) is 23.5 Å². The second-order valence-corrected chi connectivity index (χ2v) is 5.14. The van der Waals surface area contributed by atoms with Gasteiger partial charge in [-0.1, -0.05) is 12.1 Å². The molecule has 1 aliphatic rings. The summed E-state index contributed by atoms with van der Waals surface area (Å²) in [6.45, 7) is 2.18. The van der Waals surface area contributed by atoms with Gasteiger partial charge in [-0.2, -0.15) is 0 Å². The molecule has 1 heterocycles. The SMILES string of the molecule is CC(=O)c1cccc(NC(=O)Nc2ccc3c(c2)CCO3)c1. The minimum Gasteiger partial charge on any atom is -0.493 e. The van der Waals surface area contributed by atoms with Crippen LogP contribution in [0.3, 0.4) is 0 Å². The molecule has 112 valence electrons. The minimum atomic E-state index is -0.348. The fraction of sp³-hybridized carbons (Fsp3) is 0.176. The molecule has 5 nitrogen and oxygen atoms in total. The monoisotopic (exact) mass is 296 g/mol. The van der Waals surface area contributed by atoms with Gasteiger partial charge in [0, 0.05) is 23.4 Å². The molecule has 5 heteroatoms. The number of ketones is 1. The molecule has 0 bridgehead atoms. The van der Waals surface area contributed by atoms with Crippen molar-refractivity contribution in [3.05, 3.63) is 53.6 Å². The number of Topliss-reactive ketones (excluding diaryl/α,β-unsaturated/α-hetero) is 1. The Morgan fingerprint density at radius 2 is 1.82 bits per heavy atom. The predicted octanol–water partition coefficient (Wildman–Crippen LogP) is 3.47. The van der Waals surface area contributed by atoms with Crippen molar-refractivity contribution >= 4 is 23.2 Å². The second-order valence-electron chi connectivity index (χ2n) is 5.14. The maximum absolute atomic E-state index is 12.0. The molecule has 2 aromatic carbocycles. The number of rotatable bonds is 3. The van der Waals surface area contributed by atoms with Gasteiger partial charge in [0.15, 0.2) is 5.78 Å². The first kappa shape index (κ1) is 14.1. The highest BCUT2D eigenvalue weighted by Gasteiger charge is 2.13. The average Bonchev–Trinajstić information content (AvgIpc) is 2.95. The Hall–Kier alpha value is -2.82. The Morgan fingerprint density at radius 3 is 2.59 bits per heavy atom. The molecule has 0 atom stereocenters. The maximum Gasteiger partial charge on any atom is 0.323 e. The van der Waals surface area contributed by atoms with Crippen molar-refractivity contribution < 1.29 is 14.3 Å². The summed E-state index contributed by atoms with van der Waals surface area (Å²) in [6.07, 6.45) is 0.854. The van der Waals surface area contributed by atoms with E-state index in [-0.39, 0.29) is 11.8 Å². The lowest BCUT2D eigenvalue weighted by molar-refractivity contribution is 0.101. The van der Waals surface area contributed by atoms with E-state index in [2.05, 4.69) is 10.6 Å². The van der Waals surface area contributed by atoms with E-state index in [1.54, 1.807) is 30.3 Å². The molecule has 0 aromatic heterocycles. The van der Waals surface area contributed by atoms with Crippen molar-refractivity contribution in [2.45, 2.75) is 13.3 Å². The van der Waals surface area contributed by atoms with Crippen LogP contribution in [0.2, 0.25) is 0 Å². The second kappa shape index (κ2) is 5.89. The topological polar surface area (TPSA) is 67.4 Å². The molecular formula is C17H16N2O3. The van der Waals surface area contributed by atoms with E-state index in [1.165, 1.54) is 6.92 Å². The van der Waals surface area contributed by atoms with Gasteiger partial charge in [0.1, 0.15) is 5.75 Å². The van der Waals surface area contributed by atoms with Gasteiger partial charge < -0.3 is 15.4 Å².